The predicted octanol–water partition coefficient (Wildman–Crippen LogP) is 3.21. The van der Waals surface area contributed by atoms with Crippen LogP contribution in [0.2, 0.25) is 0 Å². The molecule has 1 aromatic rings. The van der Waals surface area contributed by atoms with Crippen LogP contribution in [0.4, 0.5) is 0 Å². The first-order valence-electron chi connectivity index (χ1n) is 4.47. The number of thioether (sulfide) groups is 1. The van der Waals surface area contributed by atoms with E-state index < -0.39 is 0 Å². The highest BCUT2D eigenvalue weighted by Gasteiger charge is 1.95. The first-order valence-corrected chi connectivity index (χ1v) is 5.69. The number of benzene rings is 1. The fourth-order valence-electron chi connectivity index (χ4n) is 1.24. The molecule has 1 rings (SSSR count). The van der Waals surface area contributed by atoms with Crippen molar-refractivity contribution in [1.82, 2.24) is 0 Å². The minimum atomic E-state index is 0.0879. The summed E-state index contributed by atoms with van der Waals surface area (Å²) in [6.45, 7) is 4.11. The summed E-state index contributed by atoms with van der Waals surface area (Å²) in [6, 6.07) is 6.20. The monoisotopic (exact) mass is 206 g/mol. The van der Waals surface area contributed by atoms with Gasteiger partial charge in [0.05, 0.1) is 0 Å². The van der Waals surface area contributed by atoms with Crippen LogP contribution in [0.5, 0.6) is 0 Å². The first kappa shape index (κ1) is 11.1. The SMILES string of the molecule is CSC(=O)/C=C/c1ccc(C)cc1C. The topological polar surface area (TPSA) is 17.1 Å². The predicted molar refractivity (Wildman–Crippen MR) is 63.5 cm³/mol. The lowest BCUT2D eigenvalue weighted by molar-refractivity contribution is -0.106. The van der Waals surface area contributed by atoms with Crippen LogP contribution in [-0.4, -0.2) is 11.4 Å². The van der Waals surface area contributed by atoms with E-state index in [0.29, 0.717) is 0 Å². The van der Waals surface area contributed by atoms with E-state index >= 15 is 0 Å². The Labute approximate surface area is 89.2 Å². The summed E-state index contributed by atoms with van der Waals surface area (Å²) < 4.78 is 0. The van der Waals surface area contributed by atoms with E-state index in [-0.39, 0.29) is 5.12 Å². The Kier molecular flexibility index (Phi) is 3.96. The minimum absolute atomic E-state index is 0.0879. The summed E-state index contributed by atoms with van der Waals surface area (Å²) >= 11 is 1.23. The fraction of sp³-hybridized carbons (Fsp3) is 0.250. The van der Waals surface area contributed by atoms with Gasteiger partial charge in [-0.2, -0.15) is 0 Å². The van der Waals surface area contributed by atoms with Crippen LogP contribution >= 0.6 is 11.8 Å². The Hall–Kier alpha value is -1.02. The van der Waals surface area contributed by atoms with Gasteiger partial charge in [-0.05, 0) is 37.3 Å². The maximum absolute atomic E-state index is 11.0. The van der Waals surface area contributed by atoms with Crippen molar-refractivity contribution in [1.29, 1.82) is 0 Å². The molecule has 14 heavy (non-hydrogen) atoms. The van der Waals surface area contributed by atoms with Crippen LogP contribution in [-0.2, 0) is 4.79 Å². The van der Waals surface area contributed by atoms with Crippen molar-refractivity contribution in [3.05, 3.63) is 41.0 Å². The highest BCUT2D eigenvalue weighted by atomic mass is 32.2. The Balaban J connectivity index is 2.87. The number of aryl methyl sites for hydroxylation is 2. The molecule has 74 valence electrons. The number of carbonyl (C=O) groups excluding carboxylic acids is 1. The van der Waals surface area contributed by atoms with Gasteiger partial charge in [0.1, 0.15) is 0 Å². The summed E-state index contributed by atoms with van der Waals surface area (Å²) in [5.74, 6) is 0. The molecule has 0 radical (unpaired) electrons. The molecule has 0 unspecified atom stereocenters. The molecule has 0 aliphatic heterocycles. The van der Waals surface area contributed by atoms with Gasteiger partial charge >= 0.3 is 0 Å². The zero-order valence-electron chi connectivity index (χ0n) is 8.70. The van der Waals surface area contributed by atoms with Gasteiger partial charge in [-0.3, -0.25) is 4.79 Å². The third kappa shape index (κ3) is 3.04. The smallest absolute Gasteiger partial charge is 0.211 e. The van der Waals surface area contributed by atoms with Crippen LogP contribution in [0.15, 0.2) is 24.3 Å². The molecule has 1 nitrogen and oxygen atoms in total. The first-order chi connectivity index (χ1) is 6.63. The van der Waals surface area contributed by atoms with E-state index in [1.807, 2.05) is 12.1 Å². The molecule has 0 atom stereocenters. The van der Waals surface area contributed by atoms with Gasteiger partial charge in [-0.1, -0.05) is 41.6 Å². The normalized spacial score (nSPS) is 10.8. The fourth-order valence-corrected chi connectivity index (χ4v) is 1.44. The maximum atomic E-state index is 11.0. The Morgan fingerprint density at radius 2 is 2.07 bits per heavy atom. The second-order valence-corrected chi connectivity index (χ2v) is 4.03. The zero-order valence-corrected chi connectivity index (χ0v) is 9.52. The molecule has 0 aromatic heterocycles. The average molecular weight is 206 g/mol. The molecule has 0 heterocycles. The van der Waals surface area contributed by atoms with Crippen molar-refractivity contribution in [2.45, 2.75) is 13.8 Å². The van der Waals surface area contributed by atoms with Crippen LogP contribution in [0, 0.1) is 13.8 Å². The molecule has 0 spiro atoms. The largest absolute Gasteiger partial charge is 0.282 e. The highest BCUT2D eigenvalue weighted by Crippen LogP contribution is 2.12. The van der Waals surface area contributed by atoms with E-state index in [4.69, 9.17) is 0 Å². The summed E-state index contributed by atoms with van der Waals surface area (Å²) in [7, 11) is 0. The summed E-state index contributed by atoms with van der Waals surface area (Å²) in [6.07, 6.45) is 5.27. The van der Waals surface area contributed by atoms with Gasteiger partial charge in [0.2, 0.25) is 5.12 Å². The zero-order chi connectivity index (χ0) is 10.6. The standard InChI is InChI=1S/C12H14OS/c1-9-4-5-11(10(2)8-9)6-7-12(13)14-3/h4-8H,1-3H3/b7-6+. The summed E-state index contributed by atoms with van der Waals surface area (Å²) in [4.78, 5) is 11.0. The third-order valence-corrected chi connectivity index (χ3v) is 2.56. The van der Waals surface area contributed by atoms with Crippen molar-refractivity contribution in [3.8, 4) is 0 Å². The lowest BCUT2D eigenvalue weighted by atomic mass is 10.1. The van der Waals surface area contributed by atoms with Crippen LogP contribution < -0.4 is 0 Å². The maximum Gasteiger partial charge on any atom is 0.211 e. The van der Waals surface area contributed by atoms with E-state index in [1.54, 1.807) is 12.3 Å². The van der Waals surface area contributed by atoms with E-state index in [9.17, 15) is 4.79 Å². The number of hydrogen-bond acceptors (Lipinski definition) is 2. The van der Waals surface area contributed by atoms with Crippen LogP contribution in [0.25, 0.3) is 6.08 Å². The molecule has 0 saturated carbocycles. The molecule has 0 aliphatic carbocycles. The number of carbonyl (C=O) groups is 1. The van der Waals surface area contributed by atoms with Crippen LogP contribution in [0.3, 0.4) is 0 Å². The molecule has 0 fully saturated rings. The second-order valence-electron chi connectivity index (χ2n) is 3.22. The Morgan fingerprint density at radius 1 is 1.36 bits per heavy atom. The molecule has 0 N–H and O–H groups in total. The second kappa shape index (κ2) is 5.01. The van der Waals surface area contributed by atoms with E-state index in [1.165, 1.54) is 22.9 Å². The Bertz CT molecular complexity index is 367. The van der Waals surface area contributed by atoms with Crippen molar-refractivity contribution < 1.29 is 4.79 Å². The van der Waals surface area contributed by atoms with Gasteiger partial charge in [0.15, 0.2) is 0 Å². The number of rotatable bonds is 2. The Morgan fingerprint density at radius 3 is 2.64 bits per heavy atom. The van der Waals surface area contributed by atoms with Crippen molar-refractivity contribution >= 4 is 23.0 Å². The van der Waals surface area contributed by atoms with Crippen molar-refractivity contribution in [2.24, 2.45) is 0 Å². The molecular weight excluding hydrogens is 192 g/mol. The lowest BCUT2D eigenvalue weighted by Gasteiger charge is -2.00. The molecule has 1 aromatic carbocycles. The molecule has 0 bridgehead atoms. The van der Waals surface area contributed by atoms with Gasteiger partial charge < -0.3 is 0 Å². The minimum Gasteiger partial charge on any atom is -0.282 e. The van der Waals surface area contributed by atoms with E-state index in [2.05, 4.69) is 26.0 Å². The quantitative estimate of drug-likeness (QED) is 0.691. The molecular formula is C12H14OS. The van der Waals surface area contributed by atoms with Gasteiger partial charge in [0.25, 0.3) is 0 Å². The number of hydrogen-bond donors (Lipinski definition) is 0. The van der Waals surface area contributed by atoms with Gasteiger partial charge in [-0.25, -0.2) is 0 Å². The molecule has 2 heteroatoms. The molecule has 0 saturated heterocycles. The molecule has 0 aliphatic rings. The van der Waals surface area contributed by atoms with Gasteiger partial charge in [0, 0.05) is 0 Å². The third-order valence-electron chi connectivity index (χ3n) is 2.03. The van der Waals surface area contributed by atoms with Crippen LogP contribution in [0.1, 0.15) is 16.7 Å². The highest BCUT2D eigenvalue weighted by molar-refractivity contribution is 8.13. The lowest BCUT2D eigenvalue weighted by Crippen LogP contribution is -1.85. The van der Waals surface area contributed by atoms with Gasteiger partial charge in [-0.15, -0.1) is 0 Å². The van der Waals surface area contributed by atoms with Crippen molar-refractivity contribution in [3.63, 3.8) is 0 Å². The average Bonchev–Trinajstić information content (AvgIpc) is 2.16. The summed E-state index contributed by atoms with van der Waals surface area (Å²) in [5.41, 5.74) is 3.56. The van der Waals surface area contributed by atoms with E-state index in [0.717, 1.165) is 5.56 Å². The molecule has 0 amide bonds. The summed E-state index contributed by atoms with van der Waals surface area (Å²) in [5, 5.41) is 0.0879. The van der Waals surface area contributed by atoms with Crippen molar-refractivity contribution in [2.75, 3.05) is 6.26 Å².